The normalized spacial score (nSPS) is 16.1. The van der Waals surface area contributed by atoms with Crippen LogP contribution in [0, 0.1) is 0 Å². The molecule has 0 aromatic heterocycles. The molecule has 2 N–H and O–H groups in total. The lowest BCUT2D eigenvalue weighted by atomic mass is 9.99. The Morgan fingerprint density at radius 1 is 1.07 bits per heavy atom. The number of alkyl halides is 3. The number of hydrogen-bond donors (Lipinski definition) is 2. The Morgan fingerprint density at radius 2 is 1.80 bits per heavy atom. The average Bonchev–Trinajstić information content (AvgIpc) is 3.69. The van der Waals surface area contributed by atoms with Gasteiger partial charge in [-0.15, -0.1) is 13.2 Å². The number of halogens is 4. The molecule has 0 bridgehead atoms. The smallest absolute Gasteiger partial charge is 0.497 e. The van der Waals surface area contributed by atoms with Gasteiger partial charge in [-0.1, -0.05) is 28.9 Å². The van der Waals surface area contributed by atoms with Gasteiger partial charge in [0, 0.05) is 45.9 Å². The van der Waals surface area contributed by atoms with E-state index < -0.39 is 29.7 Å². The number of amides is 1. The number of anilines is 2. The summed E-state index contributed by atoms with van der Waals surface area (Å²) in [4.78, 5) is 21.4. The number of carbonyl (C=O) groups is 1. The van der Waals surface area contributed by atoms with Gasteiger partial charge in [0.15, 0.2) is 0 Å². The summed E-state index contributed by atoms with van der Waals surface area (Å²) in [5.41, 5.74) is 1.81. The Hall–Kier alpha value is -4.16. The molecule has 46 heavy (non-hydrogen) atoms. The third-order valence-electron chi connectivity index (χ3n) is 7.89. The van der Waals surface area contributed by atoms with Crippen molar-refractivity contribution in [3.05, 3.63) is 76.3 Å². The van der Waals surface area contributed by atoms with Crippen molar-refractivity contribution in [1.29, 1.82) is 0 Å². The first-order valence-corrected chi connectivity index (χ1v) is 14.9. The number of hydrogen-bond acceptors (Lipinski definition) is 8. The third kappa shape index (κ3) is 7.45. The van der Waals surface area contributed by atoms with Crippen molar-refractivity contribution in [2.24, 2.45) is 5.16 Å². The molecule has 2 aliphatic rings. The summed E-state index contributed by atoms with van der Waals surface area (Å²) in [6.07, 6.45) is -3.28. The highest BCUT2D eigenvalue weighted by molar-refractivity contribution is 6.30. The Bertz CT molecular complexity index is 1650. The second-order valence-corrected chi connectivity index (χ2v) is 12.5. The maximum atomic E-state index is 14.6. The molecule has 0 saturated heterocycles. The fourth-order valence-corrected chi connectivity index (χ4v) is 5.66. The molecule has 1 amide bonds. The van der Waals surface area contributed by atoms with Gasteiger partial charge < -0.3 is 34.4 Å². The van der Waals surface area contributed by atoms with Gasteiger partial charge in [-0.3, -0.25) is 4.79 Å². The number of aliphatic hydroxyl groups is 1. The number of benzene rings is 3. The molecule has 1 spiro atoms. The lowest BCUT2D eigenvalue weighted by Gasteiger charge is -2.28. The Labute approximate surface area is 269 Å². The summed E-state index contributed by atoms with van der Waals surface area (Å²) in [6, 6.07) is 13.2. The summed E-state index contributed by atoms with van der Waals surface area (Å²) >= 11 is 6.26. The summed E-state index contributed by atoms with van der Waals surface area (Å²) in [5.74, 6) is -0.0231. The van der Waals surface area contributed by atoms with E-state index in [-0.39, 0.29) is 12.0 Å². The lowest BCUT2D eigenvalue weighted by Crippen LogP contribution is -2.38. The largest absolute Gasteiger partial charge is 0.573 e. The van der Waals surface area contributed by atoms with Gasteiger partial charge in [0.1, 0.15) is 29.9 Å². The van der Waals surface area contributed by atoms with Crippen molar-refractivity contribution in [2.45, 2.75) is 57.0 Å². The molecule has 1 unspecified atom stereocenters. The number of nitrogens with zero attached hydrogens (tertiary/aromatic N) is 2. The molecule has 1 heterocycles. The molecule has 13 heteroatoms. The van der Waals surface area contributed by atoms with Crippen molar-refractivity contribution in [2.75, 3.05) is 37.6 Å². The van der Waals surface area contributed by atoms with Gasteiger partial charge in [-0.25, -0.2) is 0 Å². The van der Waals surface area contributed by atoms with E-state index in [1.807, 2.05) is 0 Å². The van der Waals surface area contributed by atoms with Gasteiger partial charge in [0.25, 0.3) is 5.91 Å². The fraction of sp³-hybridized carbons (Fsp3) is 0.394. The highest BCUT2D eigenvalue weighted by Crippen LogP contribution is 2.57. The molecule has 1 aliphatic heterocycles. The van der Waals surface area contributed by atoms with Crippen LogP contribution in [0.4, 0.5) is 24.5 Å². The van der Waals surface area contributed by atoms with E-state index in [4.69, 9.17) is 25.9 Å². The van der Waals surface area contributed by atoms with Crippen molar-refractivity contribution in [3.63, 3.8) is 0 Å². The second kappa shape index (κ2) is 12.6. The van der Waals surface area contributed by atoms with Gasteiger partial charge in [-0.05, 0) is 69.5 Å². The monoisotopic (exact) mass is 661 g/mol. The molecule has 9 nitrogen and oxygen atoms in total. The van der Waals surface area contributed by atoms with Crippen LogP contribution < -0.4 is 24.4 Å². The van der Waals surface area contributed by atoms with E-state index >= 15 is 0 Å². The number of carbonyl (C=O) groups excluding carboxylic acids is 1. The van der Waals surface area contributed by atoms with Gasteiger partial charge in [0.2, 0.25) is 0 Å². The first-order chi connectivity index (χ1) is 21.6. The van der Waals surface area contributed by atoms with E-state index in [0.29, 0.717) is 51.3 Å². The van der Waals surface area contributed by atoms with Crippen LogP contribution in [0.1, 0.15) is 56.3 Å². The SMILES string of the molecule is COc1cc(NC(C(=O)N2CC3(CC3)c3ccc(OC(F)(F)F)cc32)c2ccc(Cl)cc2OC)cc(/C(C)=N/OCC(C)(C)O)c1. The third-order valence-corrected chi connectivity index (χ3v) is 8.12. The topological polar surface area (TPSA) is 102 Å². The van der Waals surface area contributed by atoms with Crippen molar-refractivity contribution in [1.82, 2.24) is 0 Å². The zero-order chi connectivity index (χ0) is 33.4. The minimum atomic E-state index is -4.88. The number of nitrogens with one attached hydrogen (secondary N) is 1. The first kappa shape index (κ1) is 33.2. The second-order valence-electron chi connectivity index (χ2n) is 12.1. The predicted octanol–water partition coefficient (Wildman–Crippen LogP) is 7.00. The molecule has 5 rings (SSSR count). The van der Waals surface area contributed by atoms with Crippen molar-refractivity contribution >= 4 is 34.6 Å². The summed E-state index contributed by atoms with van der Waals surface area (Å²) < 4.78 is 54.7. The van der Waals surface area contributed by atoms with Crippen LogP contribution >= 0.6 is 11.6 Å². The number of methoxy groups -OCH3 is 2. The minimum absolute atomic E-state index is 0.0269. The summed E-state index contributed by atoms with van der Waals surface area (Å²) in [5, 5.41) is 17.8. The Balaban J connectivity index is 1.55. The Morgan fingerprint density at radius 3 is 2.43 bits per heavy atom. The Kier molecular flexibility index (Phi) is 9.07. The zero-order valence-electron chi connectivity index (χ0n) is 26.0. The molecule has 0 radical (unpaired) electrons. The van der Waals surface area contributed by atoms with E-state index in [1.54, 1.807) is 63.2 Å². The van der Waals surface area contributed by atoms with Crippen LogP contribution in [0.3, 0.4) is 0 Å². The summed E-state index contributed by atoms with van der Waals surface area (Å²) in [6.45, 7) is 5.20. The molecular formula is C33H35ClF3N3O6. The van der Waals surface area contributed by atoms with Crippen LogP contribution in [-0.4, -0.2) is 56.1 Å². The molecule has 1 saturated carbocycles. The minimum Gasteiger partial charge on any atom is -0.497 e. The molecule has 3 aromatic carbocycles. The van der Waals surface area contributed by atoms with E-state index in [0.717, 1.165) is 18.4 Å². The average molecular weight is 662 g/mol. The quantitative estimate of drug-likeness (QED) is 0.169. The molecule has 246 valence electrons. The van der Waals surface area contributed by atoms with Crippen LogP contribution in [0.2, 0.25) is 5.02 Å². The highest BCUT2D eigenvalue weighted by Gasteiger charge is 2.54. The van der Waals surface area contributed by atoms with Crippen LogP contribution in [-0.2, 0) is 15.0 Å². The maximum absolute atomic E-state index is 14.6. The standard InChI is InChI=1S/C33H35ClF3N3O6/c1-19(39-45-18-31(2,3)42)20-12-22(15-24(13-20)43-4)38-29(25-8-6-21(34)14-28(25)44-5)30(41)40-17-32(10-11-32)26-9-7-23(16-27(26)40)46-33(35,36)37/h6-9,12-16,29,38,42H,10-11,17-18H2,1-5H3/b39-19+. The van der Waals surface area contributed by atoms with E-state index in [2.05, 4.69) is 15.2 Å². The number of ether oxygens (including phenoxy) is 3. The number of oxime groups is 1. The highest BCUT2D eigenvalue weighted by atomic mass is 35.5. The van der Waals surface area contributed by atoms with Crippen molar-refractivity contribution in [3.8, 4) is 17.2 Å². The molecule has 1 aliphatic carbocycles. The van der Waals surface area contributed by atoms with Crippen LogP contribution in [0.15, 0.2) is 59.8 Å². The van der Waals surface area contributed by atoms with Crippen molar-refractivity contribution < 1.29 is 42.1 Å². The maximum Gasteiger partial charge on any atom is 0.573 e. The summed E-state index contributed by atoms with van der Waals surface area (Å²) in [7, 11) is 2.96. The molecule has 3 aromatic rings. The van der Waals surface area contributed by atoms with Gasteiger partial charge >= 0.3 is 6.36 Å². The van der Waals surface area contributed by atoms with E-state index in [9.17, 15) is 23.1 Å². The van der Waals surface area contributed by atoms with Gasteiger partial charge in [-0.2, -0.15) is 0 Å². The lowest BCUT2D eigenvalue weighted by molar-refractivity contribution is -0.274. The molecular weight excluding hydrogens is 627 g/mol. The van der Waals surface area contributed by atoms with Gasteiger partial charge in [0.05, 0.1) is 31.2 Å². The zero-order valence-corrected chi connectivity index (χ0v) is 26.8. The predicted molar refractivity (Wildman–Crippen MR) is 168 cm³/mol. The van der Waals surface area contributed by atoms with Crippen LogP contribution in [0.5, 0.6) is 17.2 Å². The first-order valence-electron chi connectivity index (χ1n) is 14.5. The van der Waals surface area contributed by atoms with E-state index in [1.165, 1.54) is 31.3 Å². The fourth-order valence-electron chi connectivity index (χ4n) is 5.50. The number of fused-ring (bicyclic) bond motifs is 2. The van der Waals surface area contributed by atoms with Crippen LogP contribution in [0.25, 0.3) is 0 Å². The number of rotatable bonds is 11. The molecule has 1 atom stereocenters. The molecule has 1 fully saturated rings.